The van der Waals surface area contributed by atoms with E-state index < -0.39 is 0 Å². The van der Waals surface area contributed by atoms with Gasteiger partial charge in [0, 0.05) is 37.6 Å². The van der Waals surface area contributed by atoms with Crippen LogP contribution in [0.1, 0.15) is 61.1 Å². The van der Waals surface area contributed by atoms with E-state index in [4.69, 9.17) is 4.98 Å². The smallest absolute Gasteiger partial charge is 0.270 e. The molecule has 178 valence electrons. The Morgan fingerprint density at radius 3 is 2.82 bits per heavy atom. The molecule has 2 atom stereocenters. The molecule has 3 aromatic heterocycles. The predicted molar refractivity (Wildman–Crippen MR) is 132 cm³/mol. The van der Waals surface area contributed by atoms with Crippen LogP contribution in [0.2, 0.25) is 0 Å². The lowest BCUT2D eigenvalue weighted by atomic mass is 9.85. The number of aromatic nitrogens is 3. The summed E-state index contributed by atoms with van der Waals surface area (Å²) in [5.74, 6) is 1.46. The second kappa shape index (κ2) is 9.93. The maximum Gasteiger partial charge on any atom is 0.270 e. The van der Waals surface area contributed by atoms with E-state index >= 15 is 0 Å². The van der Waals surface area contributed by atoms with Crippen LogP contribution >= 0.6 is 0 Å². The van der Waals surface area contributed by atoms with Gasteiger partial charge in [0.15, 0.2) is 0 Å². The zero-order chi connectivity index (χ0) is 23.5. The Morgan fingerprint density at radius 2 is 2.06 bits per heavy atom. The van der Waals surface area contributed by atoms with E-state index in [-0.39, 0.29) is 23.2 Å². The maximum absolute atomic E-state index is 12.8. The normalized spacial score (nSPS) is 19.6. The first kappa shape index (κ1) is 22.5. The highest BCUT2D eigenvalue weighted by atomic mass is 16.2. The summed E-state index contributed by atoms with van der Waals surface area (Å²) < 4.78 is 1.41. The number of amides is 1. The molecule has 0 aromatic carbocycles. The Balaban J connectivity index is 1.20. The fraction of sp³-hybridized carbons (Fsp3) is 0.462. The van der Waals surface area contributed by atoms with Crippen molar-refractivity contribution >= 4 is 17.4 Å². The monoisotopic (exact) mass is 460 g/mol. The molecular formula is C26H32N6O2. The Bertz CT molecular complexity index is 1200. The largest absolute Gasteiger partial charge is 0.355 e. The average Bonchev–Trinajstić information content (AvgIpc) is 2.83. The summed E-state index contributed by atoms with van der Waals surface area (Å²) >= 11 is 0. The van der Waals surface area contributed by atoms with Crippen molar-refractivity contribution in [2.24, 2.45) is 5.92 Å². The third-order valence-electron chi connectivity index (χ3n) is 7.09. The standard InChI is InChI=1S/C26H32N6O2/c1-18(29-26(34)22-14-25(33)32-13-3-2-9-24(32)30-22)20-10-11-23(28-16-20)31-12-5-8-21(17-31)27-15-19-6-4-7-19/h2-3,9-11,13-14,16,18-19,21,27H,4-8,12,15,17H2,1H3,(H,29,34)/t18?,21-/m1/s1. The van der Waals surface area contributed by atoms with Crippen LogP contribution in [0, 0.1) is 5.92 Å². The number of carbonyl (C=O) groups excluding carboxylic acids is 1. The summed E-state index contributed by atoms with van der Waals surface area (Å²) in [6.45, 7) is 5.04. The van der Waals surface area contributed by atoms with Gasteiger partial charge in [-0.3, -0.25) is 14.0 Å². The first-order valence-electron chi connectivity index (χ1n) is 12.3. The molecule has 1 aliphatic carbocycles. The van der Waals surface area contributed by atoms with Crippen molar-refractivity contribution in [2.45, 2.75) is 51.1 Å². The van der Waals surface area contributed by atoms with Crippen molar-refractivity contribution in [1.82, 2.24) is 25.0 Å². The van der Waals surface area contributed by atoms with Crippen LogP contribution < -0.4 is 21.1 Å². The fourth-order valence-electron chi connectivity index (χ4n) is 4.75. The number of rotatable bonds is 7. The summed E-state index contributed by atoms with van der Waals surface area (Å²) in [5.41, 5.74) is 1.19. The molecule has 0 bridgehead atoms. The highest BCUT2D eigenvalue weighted by molar-refractivity contribution is 5.92. The van der Waals surface area contributed by atoms with E-state index in [0.29, 0.717) is 11.7 Å². The van der Waals surface area contributed by atoms with Gasteiger partial charge in [-0.25, -0.2) is 9.97 Å². The lowest BCUT2D eigenvalue weighted by molar-refractivity contribution is 0.0934. The van der Waals surface area contributed by atoms with E-state index in [1.165, 1.54) is 36.2 Å². The minimum atomic E-state index is -0.378. The fourth-order valence-corrected chi connectivity index (χ4v) is 4.75. The molecule has 4 heterocycles. The van der Waals surface area contributed by atoms with Crippen LogP contribution in [0.25, 0.3) is 5.65 Å². The van der Waals surface area contributed by atoms with Crippen molar-refractivity contribution in [2.75, 3.05) is 24.5 Å². The molecule has 2 fully saturated rings. The Labute approximate surface area is 199 Å². The molecule has 8 heteroatoms. The van der Waals surface area contributed by atoms with E-state index in [1.54, 1.807) is 24.4 Å². The van der Waals surface area contributed by atoms with Crippen molar-refractivity contribution in [1.29, 1.82) is 0 Å². The van der Waals surface area contributed by atoms with Crippen molar-refractivity contribution in [3.8, 4) is 0 Å². The van der Waals surface area contributed by atoms with Crippen LogP contribution in [0.5, 0.6) is 0 Å². The molecule has 1 saturated carbocycles. The molecule has 2 aliphatic rings. The molecule has 1 aliphatic heterocycles. The third kappa shape index (κ3) is 4.97. The molecule has 0 radical (unpaired) electrons. The van der Waals surface area contributed by atoms with Gasteiger partial charge in [-0.1, -0.05) is 18.6 Å². The molecule has 1 unspecified atom stereocenters. The van der Waals surface area contributed by atoms with Gasteiger partial charge in [-0.15, -0.1) is 0 Å². The van der Waals surface area contributed by atoms with Crippen molar-refractivity contribution in [3.05, 3.63) is 70.4 Å². The van der Waals surface area contributed by atoms with E-state index in [1.807, 2.05) is 25.3 Å². The van der Waals surface area contributed by atoms with Gasteiger partial charge in [-0.2, -0.15) is 0 Å². The summed E-state index contributed by atoms with van der Waals surface area (Å²) in [5, 5.41) is 6.69. The number of nitrogens with zero attached hydrogens (tertiary/aromatic N) is 4. The summed E-state index contributed by atoms with van der Waals surface area (Å²) in [4.78, 5) is 36.4. The molecule has 34 heavy (non-hydrogen) atoms. The van der Waals surface area contributed by atoms with Gasteiger partial charge < -0.3 is 15.5 Å². The maximum atomic E-state index is 12.8. The van der Waals surface area contributed by atoms with Crippen LogP contribution in [0.15, 0.2) is 53.6 Å². The SMILES string of the molecule is CC(NC(=O)c1cc(=O)n2ccccc2n1)c1ccc(N2CCC[C@@H](NCC3CCC3)C2)nc1. The van der Waals surface area contributed by atoms with E-state index in [2.05, 4.69) is 20.5 Å². The molecule has 2 N–H and O–H groups in total. The van der Waals surface area contributed by atoms with Crippen molar-refractivity contribution in [3.63, 3.8) is 0 Å². The number of piperidine rings is 1. The molecule has 1 amide bonds. The van der Waals surface area contributed by atoms with Gasteiger partial charge in [0.2, 0.25) is 0 Å². The average molecular weight is 461 g/mol. The zero-order valence-corrected chi connectivity index (χ0v) is 19.6. The Morgan fingerprint density at radius 1 is 1.18 bits per heavy atom. The van der Waals surface area contributed by atoms with Gasteiger partial charge in [0.05, 0.1) is 6.04 Å². The highest BCUT2D eigenvalue weighted by Gasteiger charge is 2.24. The second-order valence-electron chi connectivity index (χ2n) is 9.54. The highest BCUT2D eigenvalue weighted by Crippen LogP contribution is 2.26. The molecule has 0 spiro atoms. The Hall–Kier alpha value is -3.26. The third-order valence-corrected chi connectivity index (χ3v) is 7.09. The Kier molecular flexibility index (Phi) is 6.58. The number of hydrogen-bond donors (Lipinski definition) is 2. The molecule has 8 nitrogen and oxygen atoms in total. The first-order valence-corrected chi connectivity index (χ1v) is 12.3. The first-order chi connectivity index (χ1) is 16.6. The minimum Gasteiger partial charge on any atom is -0.355 e. The van der Waals surface area contributed by atoms with Crippen LogP contribution in [-0.2, 0) is 0 Å². The number of nitrogens with one attached hydrogen (secondary N) is 2. The summed E-state index contributed by atoms with van der Waals surface area (Å²) in [6, 6.07) is 10.8. The zero-order valence-electron chi connectivity index (χ0n) is 19.6. The van der Waals surface area contributed by atoms with Gasteiger partial charge >= 0.3 is 0 Å². The van der Waals surface area contributed by atoms with Gasteiger partial charge in [0.1, 0.15) is 17.2 Å². The number of carbonyl (C=O) groups is 1. The number of pyridine rings is 2. The summed E-state index contributed by atoms with van der Waals surface area (Å²) in [7, 11) is 0. The van der Waals surface area contributed by atoms with Gasteiger partial charge in [0.25, 0.3) is 11.5 Å². The number of fused-ring (bicyclic) bond motifs is 1. The molecular weight excluding hydrogens is 428 g/mol. The lowest BCUT2D eigenvalue weighted by Crippen LogP contribution is -2.47. The molecule has 5 rings (SSSR count). The van der Waals surface area contributed by atoms with E-state index in [9.17, 15) is 9.59 Å². The van der Waals surface area contributed by atoms with Crippen LogP contribution in [-0.4, -0.2) is 46.0 Å². The second-order valence-corrected chi connectivity index (χ2v) is 9.54. The van der Waals surface area contributed by atoms with E-state index in [0.717, 1.165) is 43.4 Å². The minimum absolute atomic E-state index is 0.112. The van der Waals surface area contributed by atoms with Crippen LogP contribution in [0.3, 0.4) is 0 Å². The lowest BCUT2D eigenvalue weighted by Gasteiger charge is -2.36. The summed E-state index contributed by atoms with van der Waals surface area (Å²) in [6.07, 6.45) is 9.97. The number of anilines is 1. The predicted octanol–water partition coefficient (Wildman–Crippen LogP) is 2.94. The molecule has 1 saturated heterocycles. The molecule has 3 aromatic rings. The quantitative estimate of drug-likeness (QED) is 0.563. The van der Waals surface area contributed by atoms with Crippen LogP contribution in [0.4, 0.5) is 5.82 Å². The van der Waals surface area contributed by atoms with Crippen molar-refractivity contribution < 1.29 is 4.79 Å². The van der Waals surface area contributed by atoms with Gasteiger partial charge in [-0.05, 0) is 68.8 Å². The topological polar surface area (TPSA) is 91.6 Å². The number of hydrogen-bond acceptors (Lipinski definition) is 6.